The van der Waals surface area contributed by atoms with Crippen LogP contribution in [-0.4, -0.2) is 29.0 Å². The molecule has 2 N–H and O–H groups in total. The Morgan fingerprint density at radius 3 is 2.51 bits per heavy atom. The Labute approximate surface area is 214 Å². The minimum Gasteiger partial charge on any atom is -0.493 e. The lowest BCUT2D eigenvalue weighted by Crippen LogP contribution is -2.10. The van der Waals surface area contributed by atoms with Crippen LogP contribution in [0, 0.1) is 6.92 Å². The monoisotopic (exact) mass is 497 g/mol. The van der Waals surface area contributed by atoms with Crippen LogP contribution >= 0.6 is 0 Å². The largest absolute Gasteiger partial charge is 0.493 e. The predicted octanol–water partition coefficient (Wildman–Crippen LogP) is 5.55. The molecular weight excluding hydrogens is 470 g/mol. The van der Waals surface area contributed by atoms with Crippen molar-refractivity contribution in [1.29, 1.82) is 0 Å². The molecule has 4 rings (SSSR count). The number of anilines is 1. The smallest absolute Gasteiger partial charge is 0.308 e. The van der Waals surface area contributed by atoms with Gasteiger partial charge in [0.25, 0.3) is 0 Å². The summed E-state index contributed by atoms with van der Waals surface area (Å²) in [6.07, 6.45) is 4.83. The zero-order valence-corrected chi connectivity index (χ0v) is 20.8. The van der Waals surface area contributed by atoms with Gasteiger partial charge in [0.05, 0.1) is 7.11 Å². The molecule has 8 nitrogen and oxygen atoms in total. The van der Waals surface area contributed by atoms with Gasteiger partial charge in [-0.1, -0.05) is 24.3 Å². The molecule has 0 atom stereocenters. The first-order chi connectivity index (χ1) is 17.9. The molecule has 3 aromatic carbocycles. The molecule has 0 radical (unpaired) electrons. The number of esters is 1. The van der Waals surface area contributed by atoms with Gasteiger partial charge in [-0.2, -0.15) is 0 Å². The van der Waals surface area contributed by atoms with E-state index < -0.39 is 5.97 Å². The van der Waals surface area contributed by atoms with Crippen molar-refractivity contribution in [1.82, 2.24) is 9.97 Å². The number of rotatable bonds is 9. The first kappa shape index (κ1) is 25.2. The number of hydrogen-bond donors (Lipinski definition) is 2. The Morgan fingerprint density at radius 1 is 1.03 bits per heavy atom. The number of nitrogens with zero attached hydrogens (tertiary/aromatic N) is 1. The Bertz CT molecular complexity index is 1420. The summed E-state index contributed by atoms with van der Waals surface area (Å²) in [6.45, 7) is 3.55. The predicted molar refractivity (Wildman–Crippen MR) is 142 cm³/mol. The van der Waals surface area contributed by atoms with Gasteiger partial charge < -0.3 is 24.5 Å². The number of aromatic nitrogens is 2. The topological polar surface area (TPSA) is 103 Å². The van der Waals surface area contributed by atoms with E-state index in [-0.39, 0.29) is 18.3 Å². The lowest BCUT2D eigenvalue weighted by atomic mass is 10.1. The summed E-state index contributed by atoms with van der Waals surface area (Å²) in [4.78, 5) is 31.5. The highest BCUT2D eigenvalue weighted by Crippen LogP contribution is 2.29. The molecule has 0 saturated carbocycles. The lowest BCUT2D eigenvalue weighted by Gasteiger charge is -2.12. The number of imidazole rings is 1. The molecule has 4 aromatic rings. The quantitative estimate of drug-likeness (QED) is 0.179. The summed E-state index contributed by atoms with van der Waals surface area (Å²) < 4.78 is 16.3. The lowest BCUT2D eigenvalue weighted by molar-refractivity contribution is -0.132. The van der Waals surface area contributed by atoms with Gasteiger partial charge in [-0.05, 0) is 61.0 Å². The van der Waals surface area contributed by atoms with Crippen molar-refractivity contribution in [2.24, 2.45) is 0 Å². The highest BCUT2D eigenvalue weighted by atomic mass is 16.6. The van der Waals surface area contributed by atoms with Crippen molar-refractivity contribution < 1.29 is 23.8 Å². The molecule has 1 amide bonds. The standard InChI is InChI=1S/C29H27N3O5/c1-19-17-30-29(31-19)22-10-12-24(13-11-22)36-18-23-6-4-5-7-25(23)32-28(34)15-9-21-8-14-26(35-3)27(16-21)37-20(2)33/h4-17H,18H2,1-3H3,(H,30,31)(H,32,34)/b15-9+. The van der Waals surface area contributed by atoms with Crippen LogP contribution in [0.1, 0.15) is 23.7 Å². The molecular formula is C29H27N3O5. The van der Waals surface area contributed by atoms with E-state index in [0.29, 0.717) is 22.7 Å². The van der Waals surface area contributed by atoms with Gasteiger partial charge in [-0.25, -0.2) is 4.98 Å². The molecule has 1 heterocycles. The van der Waals surface area contributed by atoms with E-state index in [4.69, 9.17) is 14.2 Å². The van der Waals surface area contributed by atoms with E-state index in [1.807, 2.05) is 55.5 Å². The van der Waals surface area contributed by atoms with Gasteiger partial charge in [-0.15, -0.1) is 0 Å². The Morgan fingerprint density at radius 2 is 1.81 bits per heavy atom. The molecule has 0 saturated heterocycles. The molecule has 0 unspecified atom stereocenters. The van der Waals surface area contributed by atoms with E-state index in [1.165, 1.54) is 20.1 Å². The van der Waals surface area contributed by atoms with Crippen LogP contribution in [0.3, 0.4) is 0 Å². The fourth-order valence-electron chi connectivity index (χ4n) is 3.58. The summed E-state index contributed by atoms with van der Waals surface area (Å²) in [5, 5.41) is 2.89. The number of para-hydroxylation sites is 1. The second kappa shape index (κ2) is 11.7. The Kier molecular flexibility index (Phi) is 8.00. The summed E-state index contributed by atoms with van der Waals surface area (Å²) >= 11 is 0. The molecule has 0 spiro atoms. The van der Waals surface area contributed by atoms with Crippen LogP contribution in [0.15, 0.2) is 79.0 Å². The van der Waals surface area contributed by atoms with Gasteiger partial charge in [0, 0.05) is 41.7 Å². The highest BCUT2D eigenvalue weighted by molar-refractivity contribution is 6.02. The number of amides is 1. The highest BCUT2D eigenvalue weighted by Gasteiger charge is 2.09. The number of ether oxygens (including phenoxy) is 3. The molecule has 0 aliphatic carbocycles. The Hall–Kier alpha value is -4.85. The van der Waals surface area contributed by atoms with Crippen molar-refractivity contribution in [2.45, 2.75) is 20.5 Å². The maximum absolute atomic E-state index is 12.6. The number of H-pyrrole nitrogens is 1. The zero-order valence-electron chi connectivity index (χ0n) is 20.8. The van der Waals surface area contributed by atoms with Gasteiger partial charge >= 0.3 is 5.97 Å². The van der Waals surface area contributed by atoms with Crippen LogP contribution in [0.25, 0.3) is 17.5 Å². The molecule has 37 heavy (non-hydrogen) atoms. The average Bonchev–Trinajstić information content (AvgIpc) is 3.33. The fourth-order valence-corrected chi connectivity index (χ4v) is 3.58. The molecule has 188 valence electrons. The summed E-state index contributed by atoms with van der Waals surface area (Å²) in [5.41, 5.74) is 4.13. The number of carbonyl (C=O) groups is 2. The average molecular weight is 498 g/mol. The van der Waals surface area contributed by atoms with Crippen molar-refractivity contribution in [3.63, 3.8) is 0 Å². The summed E-state index contributed by atoms with van der Waals surface area (Å²) in [7, 11) is 1.49. The number of nitrogens with one attached hydrogen (secondary N) is 2. The van der Waals surface area contributed by atoms with E-state index in [0.717, 1.165) is 22.6 Å². The number of benzene rings is 3. The zero-order chi connectivity index (χ0) is 26.2. The summed E-state index contributed by atoms with van der Waals surface area (Å²) in [5.74, 6) is 1.46. The molecule has 8 heteroatoms. The third kappa shape index (κ3) is 6.85. The second-order valence-corrected chi connectivity index (χ2v) is 8.21. The Balaban J connectivity index is 1.39. The minimum atomic E-state index is -0.459. The number of aryl methyl sites for hydroxylation is 1. The van der Waals surface area contributed by atoms with E-state index in [1.54, 1.807) is 30.5 Å². The molecule has 0 aliphatic heterocycles. The SMILES string of the molecule is COc1ccc(/C=C/C(=O)Nc2ccccc2COc2ccc(-c3ncc(C)[nH]3)cc2)cc1OC(C)=O. The van der Waals surface area contributed by atoms with E-state index in [9.17, 15) is 9.59 Å². The normalized spacial score (nSPS) is 10.8. The number of carbonyl (C=O) groups excluding carboxylic acids is 2. The van der Waals surface area contributed by atoms with Crippen molar-refractivity contribution in [3.8, 4) is 28.6 Å². The summed E-state index contributed by atoms with van der Waals surface area (Å²) in [6, 6.07) is 20.2. The van der Waals surface area contributed by atoms with Crippen LogP contribution in [0.5, 0.6) is 17.2 Å². The van der Waals surface area contributed by atoms with Crippen LogP contribution in [0.2, 0.25) is 0 Å². The second-order valence-electron chi connectivity index (χ2n) is 8.21. The van der Waals surface area contributed by atoms with Gasteiger partial charge in [0.2, 0.25) is 5.91 Å². The van der Waals surface area contributed by atoms with Gasteiger partial charge in [0.15, 0.2) is 11.5 Å². The van der Waals surface area contributed by atoms with Gasteiger partial charge in [-0.3, -0.25) is 9.59 Å². The first-order valence-corrected chi connectivity index (χ1v) is 11.6. The van der Waals surface area contributed by atoms with Crippen molar-refractivity contribution in [3.05, 3.63) is 95.8 Å². The van der Waals surface area contributed by atoms with Crippen LogP contribution in [0.4, 0.5) is 5.69 Å². The van der Waals surface area contributed by atoms with Crippen molar-refractivity contribution >= 4 is 23.6 Å². The first-order valence-electron chi connectivity index (χ1n) is 11.6. The van der Waals surface area contributed by atoms with Gasteiger partial charge in [0.1, 0.15) is 18.2 Å². The molecule has 0 aliphatic rings. The van der Waals surface area contributed by atoms with Crippen LogP contribution < -0.4 is 19.5 Å². The molecule has 0 bridgehead atoms. The maximum atomic E-state index is 12.6. The van der Waals surface area contributed by atoms with Crippen molar-refractivity contribution in [2.75, 3.05) is 12.4 Å². The van der Waals surface area contributed by atoms with E-state index in [2.05, 4.69) is 15.3 Å². The third-order valence-corrected chi connectivity index (χ3v) is 5.37. The third-order valence-electron chi connectivity index (χ3n) is 5.37. The number of hydrogen-bond acceptors (Lipinski definition) is 6. The molecule has 0 fully saturated rings. The maximum Gasteiger partial charge on any atom is 0.308 e. The van der Waals surface area contributed by atoms with Crippen LogP contribution in [-0.2, 0) is 16.2 Å². The molecule has 1 aromatic heterocycles. The minimum absolute atomic E-state index is 0.281. The number of methoxy groups -OCH3 is 1. The number of aromatic amines is 1. The fraction of sp³-hybridized carbons (Fsp3) is 0.138. The van der Waals surface area contributed by atoms with E-state index >= 15 is 0 Å².